The summed E-state index contributed by atoms with van der Waals surface area (Å²) in [7, 11) is 0. The van der Waals surface area contributed by atoms with Gasteiger partial charge in [0.15, 0.2) is 0 Å². The van der Waals surface area contributed by atoms with E-state index in [1.165, 1.54) is 77.0 Å². The molecular formula is C22H48O2. The Labute approximate surface area is 155 Å². The molecule has 148 valence electrons. The van der Waals surface area contributed by atoms with Crippen LogP contribution in [-0.4, -0.2) is 11.4 Å². The van der Waals surface area contributed by atoms with E-state index >= 15 is 0 Å². The fraction of sp³-hybridized carbons (Fsp3) is 1.00. The van der Waals surface area contributed by atoms with Crippen LogP contribution in [0.25, 0.3) is 0 Å². The molecule has 3 aliphatic rings. The van der Waals surface area contributed by atoms with Gasteiger partial charge in [0.05, 0.1) is 6.10 Å². The maximum Gasteiger partial charge on any atom is 0.0983 e. The van der Waals surface area contributed by atoms with Crippen LogP contribution in [0.3, 0.4) is 0 Å². The second-order valence-electron chi connectivity index (χ2n) is 9.28. The van der Waals surface area contributed by atoms with Gasteiger partial charge in [0.2, 0.25) is 0 Å². The van der Waals surface area contributed by atoms with Crippen LogP contribution in [0, 0.1) is 35.5 Å². The molecule has 1 N–H and O–H groups in total. The maximum absolute atomic E-state index is 9.54. The molecule has 3 rings (SSSR count). The first-order chi connectivity index (χ1) is 11.2. The molecule has 0 spiro atoms. The van der Waals surface area contributed by atoms with Gasteiger partial charge in [0.25, 0.3) is 0 Å². The Kier molecular flexibility index (Phi) is 8.07. The van der Waals surface area contributed by atoms with E-state index in [9.17, 15) is 5.26 Å². The molecule has 0 radical (unpaired) electrons. The molecule has 0 saturated heterocycles. The van der Waals surface area contributed by atoms with Crippen LogP contribution in [0.5, 0.6) is 0 Å². The highest BCUT2D eigenvalue weighted by molar-refractivity contribution is 4.87. The molecule has 0 aromatic heterocycles. The summed E-state index contributed by atoms with van der Waals surface area (Å²) in [5.74, 6) is 5.00. The van der Waals surface area contributed by atoms with Gasteiger partial charge in [-0.25, -0.2) is 4.89 Å². The summed E-state index contributed by atoms with van der Waals surface area (Å²) < 4.78 is 0. The van der Waals surface area contributed by atoms with Crippen molar-refractivity contribution in [2.45, 2.75) is 104 Å². The van der Waals surface area contributed by atoms with Crippen molar-refractivity contribution in [2.75, 3.05) is 0 Å². The lowest BCUT2D eigenvalue weighted by molar-refractivity contribution is -0.307. The van der Waals surface area contributed by atoms with Crippen molar-refractivity contribution < 1.29 is 14.4 Å². The number of rotatable bonds is 4. The molecule has 2 heteroatoms. The second kappa shape index (κ2) is 9.57. The predicted molar refractivity (Wildman–Crippen MR) is 108 cm³/mol. The molecule has 0 heterocycles. The summed E-state index contributed by atoms with van der Waals surface area (Å²) in [6.07, 6.45) is 16.4. The van der Waals surface area contributed by atoms with Crippen LogP contribution < -0.4 is 0 Å². The lowest BCUT2D eigenvalue weighted by atomic mass is 9.67. The van der Waals surface area contributed by atoms with Gasteiger partial charge < -0.3 is 0 Å². The van der Waals surface area contributed by atoms with Crippen LogP contribution in [0.1, 0.15) is 103 Å². The van der Waals surface area contributed by atoms with E-state index in [0.717, 1.165) is 23.7 Å². The summed E-state index contributed by atoms with van der Waals surface area (Å²) in [6, 6.07) is 0. The second-order valence-corrected chi connectivity index (χ2v) is 9.28. The Balaban J connectivity index is 0. The molecular weight excluding hydrogens is 296 g/mol. The largest absolute Gasteiger partial charge is 0.252 e. The first-order valence-corrected chi connectivity index (χ1v) is 10.5. The van der Waals surface area contributed by atoms with Gasteiger partial charge >= 0.3 is 0 Å². The smallest absolute Gasteiger partial charge is 0.0983 e. The predicted octanol–water partition coefficient (Wildman–Crippen LogP) is 7.68. The van der Waals surface area contributed by atoms with E-state index in [2.05, 4.69) is 13.8 Å². The van der Waals surface area contributed by atoms with Crippen LogP contribution in [0.4, 0.5) is 0 Å². The minimum Gasteiger partial charge on any atom is -0.252 e. The topological polar surface area (TPSA) is 29.5 Å². The average Bonchev–Trinajstić information content (AvgIpc) is 2.59. The molecule has 2 nitrogen and oxygen atoms in total. The number of hydrogen-bond acceptors (Lipinski definition) is 2. The van der Waals surface area contributed by atoms with Crippen molar-refractivity contribution in [3.63, 3.8) is 0 Å². The van der Waals surface area contributed by atoms with E-state index in [1.807, 2.05) is 0 Å². The molecule has 1 atom stereocenters. The van der Waals surface area contributed by atoms with Crippen molar-refractivity contribution in [1.29, 1.82) is 0 Å². The third-order valence-electron chi connectivity index (χ3n) is 7.66. The summed E-state index contributed by atoms with van der Waals surface area (Å²) >= 11 is 0. The highest BCUT2D eigenvalue weighted by atomic mass is 17.1. The van der Waals surface area contributed by atoms with Gasteiger partial charge in [-0.2, -0.15) is 0 Å². The highest BCUT2D eigenvalue weighted by Gasteiger charge is 2.37. The minimum absolute atomic E-state index is 0. The Morgan fingerprint density at radius 1 is 0.667 bits per heavy atom. The van der Waals surface area contributed by atoms with Crippen LogP contribution >= 0.6 is 0 Å². The molecule has 3 aliphatic carbocycles. The molecule has 3 saturated carbocycles. The minimum atomic E-state index is 0. The molecule has 24 heavy (non-hydrogen) atoms. The van der Waals surface area contributed by atoms with Crippen LogP contribution in [-0.2, 0) is 4.89 Å². The third-order valence-corrected chi connectivity index (χ3v) is 7.66. The summed E-state index contributed by atoms with van der Waals surface area (Å²) in [4.78, 5) is 5.06. The Morgan fingerprint density at radius 3 is 1.42 bits per heavy atom. The van der Waals surface area contributed by atoms with Crippen molar-refractivity contribution in [2.24, 2.45) is 35.5 Å². The highest BCUT2D eigenvalue weighted by Crippen LogP contribution is 2.44. The van der Waals surface area contributed by atoms with Crippen molar-refractivity contribution >= 4 is 0 Å². The van der Waals surface area contributed by atoms with Gasteiger partial charge in [-0.15, -0.1) is 0 Å². The van der Waals surface area contributed by atoms with Gasteiger partial charge in [-0.3, -0.25) is 5.26 Å². The Hall–Kier alpha value is -0.0800. The normalized spacial score (nSPS) is 42.1. The van der Waals surface area contributed by atoms with Gasteiger partial charge in [0.1, 0.15) is 0 Å². The standard InChI is InChI=1S/C21H38O2.CH4.3H2/c1-15-3-7-17(8-4-15)18-11-13-20(14-12-18)21(23-22)19-9-5-16(2)6-10-19;;;;/h15-22H,3-14H2,1-2H3;1H4;3*1H. The summed E-state index contributed by atoms with van der Waals surface area (Å²) in [6.45, 7) is 4.78. The molecule has 0 aliphatic heterocycles. The van der Waals surface area contributed by atoms with Crippen molar-refractivity contribution in [3.8, 4) is 0 Å². The molecule has 3 fully saturated rings. The molecule has 0 bridgehead atoms. The lowest BCUT2D eigenvalue weighted by Crippen LogP contribution is -2.37. The Bertz CT molecular complexity index is 345. The molecule has 0 aromatic rings. The van der Waals surface area contributed by atoms with Crippen molar-refractivity contribution in [3.05, 3.63) is 0 Å². The van der Waals surface area contributed by atoms with E-state index in [0.29, 0.717) is 11.8 Å². The monoisotopic (exact) mass is 344 g/mol. The zero-order valence-corrected chi connectivity index (χ0v) is 15.4. The number of hydrogen-bond donors (Lipinski definition) is 1. The average molecular weight is 345 g/mol. The third kappa shape index (κ3) is 4.97. The van der Waals surface area contributed by atoms with E-state index in [-0.39, 0.29) is 17.8 Å². The fourth-order valence-electron chi connectivity index (χ4n) is 5.87. The van der Waals surface area contributed by atoms with E-state index in [4.69, 9.17) is 4.89 Å². The zero-order valence-electron chi connectivity index (χ0n) is 15.4. The fourth-order valence-corrected chi connectivity index (χ4v) is 5.87. The first-order valence-electron chi connectivity index (χ1n) is 10.5. The van der Waals surface area contributed by atoms with Crippen LogP contribution in [0.15, 0.2) is 0 Å². The van der Waals surface area contributed by atoms with E-state index in [1.54, 1.807) is 0 Å². The maximum atomic E-state index is 9.54. The van der Waals surface area contributed by atoms with Gasteiger partial charge in [-0.1, -0.05) is 47.0 Å². The van der Waals surface area contributed by atoms with Crippen LogP contribution in [0.2, 0.25) is 0 Å². The summed E-state index contributed by atoms with van der Waals surface area (Å²) in [5.41, 5.74) is 0. The molecule has 0 aromatic carbocycles. The molecule has 0 amide bonds. The quantitative estimate of drug-likeness (QED) is 0.418. The van der Waals surface area contributed by atoms with Gasteiger partial charge in [-0.05, 0) is 86.9 Å². The first kappa shape index (κ1) is 20.2. The Morgan fingerprint density at radius 2 is 1.00 bits per heavy atom. The van der Waals surface area contributed by atoms with Crippen molar-refractivity contribution in [1.82, 2.24) is 0 Å². The molecule has 1 unspecified atom stereocenters. The SMILES string of the molecule is C.CC1CCC(C2CCC(C(OO)C3CCC(C)CC3)CC2)CC1.[HH].[HH].[HH]. The van der Waals surface area contributed by atoms with E-state index < -0.39 is 0 Å². The lowest BCUT2D eigenvalue weighted by Gasteiger charge is -2.41. The van der Waals surface area contributed by atoms with Gasteiger partial charge in [0, 0.05) is 4.28 Å². The zero-order chi connectivity index (χ0) is 16.2. The summed E-state index contributed by atoms with van der Waals surface area (Å²) in [5, 5.41) is 9.54.